The summed E-state index contributed by atoms with van der Waals surface area (Å²) in [5.41, 5.74) is 10.4. The van der Waals surface area contributed by atoms with Gasteiger partial charge in [0, 0.05) is 35.6 Å². The van der Waals surface area contributed by atoms with Crippen molar-refractivity contribution in [2.45, 2.75) is 45.4 Å². The molecule has 1 fully saturated rings. The van der Waals surface area contributed by atoms with Crippen LogP contribution in [0.5, 0.6) is 5.75 Å². The van der Waals surface area contributed by atoms with Crippen LogP contribution in [-0.2, 0) is 22.6 Å². The molecule has 43 heavy (non-hydrogen) atoms. The monoisotopic (exact) mass is 579 g/mol. The molecule has 1 unspecified atom stereocenters. The average molecular weight is 580 g/mol. The molecule has 1 aliphatic rings. The van der Waals surface area contributed by atoms with Crippen LogP contribution in [0.1, 0.15) is 37.6 Å². The maximum Gasteiger partial charge on any atom is 0.410 e. The molecule has 1 amide bonds. The zero-order chi connectivity index (χ0) is 30.1. The number of nitrogens with two attached hydrogens (primary N) is 1. The first-order chi connectivity index (χ1) is 20.8. The minimum Gasteiger partial charge on any atom is -0.487 e. The number of hydrogen-bond donors (Lipinski definition) is 2. The first-order valence-corrected chi connectivity index (χ1v) is 14.3. The van der Waals surface area contributed by atoms with Crippen LogP contribution in [-0.4, -0.2) is 56.0 Å². The number of ether oxygens (including phenoxy) is 2. The largest absolute Gasteiger partial charge is 0.487 e. The summed E-state index contributed by atoms with van der Waals surface area (Å²) >= 11 is 0. The van der Waals surface area contributed by atoms with E-state index in [4.69, 9.17) is 20.3 Å². The third-order valence-electron chi connectivity index (χ3n) is 7.71. The van der Waals surface area contributed by atoms with E-state index >= 15 is 0 Å². The summed E-state index contributed by atoms with van der Waals surface area (Å²) in [7, 11) is 0. The van der Waals surface area contributed by atoms with Gasteiger partial charge in [-0.2, -0.15) is 5.10 Å². The molecular formula is C33H33N5O5. The van der Waals surface area contributed by atoms with Gasteiger partial charge in [0.05, 0.1) is 24.1 Å². The van der Waals surface area contributed by atoms with Gasteiger partial charge in [-0.05, 0) is 61.0 Å². The van der Waals surface area contributed by atoms with Crippen LogP contribution in [0.25, 0.3) is 32.8 Å². The summed E-state index contributed by atoms with van der Waals surface area (Å²) in [6.45, 7) is 4.89. The molecule has 1 atom stereocenters. The topological polar surface area (TPSA) is 133 Å². The Morgan fingerprint density at radius 3 is 2.70 bits per heavy atom. The van der Waals surface area contributed by atoms with E-state index in [2.05, 4.69) is 29.2 Å². The first-order valence-electron chi connectivity index (χ1n) is 14.3. The Balaban J connectivity index is 1.39. The Morgan fingerprint density at radius 1 is 1.05 bits per heavy atom. The molecule has 0 radical (unpaired) electrons. The number of nitrogens with zero attached hydrogens (tertiary/aromatic N) is 4. The number of carboxylic acid groups (broad SMARTS) is 1. The molecule has 1 saturated heterocycles. The highest BCUT2D eigenvalue weighted by Crippen LogP contribution is 2.35. The number of carbonyl (C=O) groups excluding carboxylic acids is 1. The minimum absolute atomic E-state index is 0.0375. The van der Waals surface area contributed by atoms with Crippen molar-refractivity contribution in [3.63, 3.8) is 0 Å². The van der Waals surface area contributed by atoms with E-state index in [0.717, 1.165) is 39.2 Å². The molecule has 6 rings (SSSR count). The lowest BCUT2D eigenvalue weighted by Crippen LogP contribution is -2.31. The fraction of sp³-hybridized carbons (Fsp3) is 0.273. The number of aliphatic carboxylic acids is 1. The van der Waals surface area contributed by atoms with Crippen LogP contribution < -0.4 is 10.5 Å². The summed E-state index contributed by atoms with van der Waals surface area (Å²) in [5.74, 6) is 0.0523. The average Bonchev–Trinajstić information content (AvgIpc) is 3.61. The molecule has 10 heteroatoms. The highest BCUT2D eigenvalue weighted by molar-refractivity contribution is 6.02. The fourth-order valence-corrected chi connectivity index (χ4v) is 5.72. The highest BCUT2D eigenvalue weighted by Gasteiger charge is 2.31. The van der Waals surface area contributed by atoms with E-state index in [-0.39, 0.29) is 31.3 Å². The van der Waals surface area contributed by atoms with E-state index in [1.165, 1.54) is 0 Å². The Labute approximate surface area is 248 Å². The summed E-state index contributed by atoms with van der Waals surface area (Å²) in [6.07, 6.45) is 1.80. The zero-order valence-electron chi connectivity index (χ0n) is 24.1. The molecule has 3 N–H and O–H groups in total. The highest BCUT2D eigenvalue weighted by atomic mass is 16.6. The van der Waals surface area contributed by atoms with Crippen molar-refractivity contribution < 1.29 is 24.2 Å². The van der Waals surface area contributed by atoms with Gasteiger partial charge in [-0.1, -0.05) is 42.5 Å². The van der Waals surface area contributed by atoms with E-state index in [0.29, 0.717) is 35.9 Å². The van der Waals surface area contributed by atoms with Gasteiger partial charge < -0.3 is 25.2 Å². The zero-order valence-corrected chi connectivity index (χ0v) is 24.1. The van der Waals surface area contributed by atoms with Crippen LogP contribution in [0, 0.1) is 0 Å². The Kier molecular flexibility index (Phi) is 7.58. The van der Waals surface area contributed by atoms with Gasteiger partial charge >= 0.3 is 12.1 Å². The number of nitrogen functional groups attached to an aromatic ring is 1. The maximum absolute atomic E-state index is 12.6. The van der Waals surface area contributed by atoms with Gasteiger partial charge in [-0.3, -0.25) is 9.48 Å². The predicted molar refractivity (Wildman–Crippen MR) is 164 cm³/mol. The fourth-order valence-electron chi connectivity index (χ4n) is 5.72. The van der Waals surface area contributed by atoms with E-state index in [1.807, 2.05) is 42.8 Å². The van der Waals surface area contributed by atoms with Gasteiger partial charge in [0.1, 0.15) is 23.9 Å². The second-order valence-corrected chi connectivity index (χ2v) is 11.0. The number of benzene rings is 3. The molecule has 0 aliphatic carbocycles. The second-order valence-electron chi connectivity index (χ2n) is 11.0. The standard InChI is InChI=1S/C33H33N5O5/c1-20(2)43-33(41)37-15-13-23(18-37)38-29-11-10-21(24-7-5-8-26-25(24)12-14-35-32(26)34)16-27(29)28(36-38)19-42-30-9-4-3-6-22(30)17-31(39)40/h3-12,14,16,20,23H,13,15,17-19H2,1-2H3,(H2,34,35)(H,39,40). The number of likely N-dealkylation sites (tertiary alicyclic amines) is 1. The van der Waals surface area contributed by atoms with Gasteiger partial charge in [0.15, 0.2) is 0 Å². The normalized spacial score (nSPS) is 15.0. The smallest absolute Gasteiger partial charge is 0.410 e. The summed E-state index contributed by atoms with van der Waals surface area (Å²) in [6, 6.07) is 21.3. The van der Waals surface area contributed by atoms with E-state index in [1.54, 1.807) is 29.3 Å². The second kappa shape index (κ2) is 11.6. The van der Waals surface area contributed by atoms with E-state index < -0.39 is 5.97 Å². The van der Waals surface area contributed by atoms with Crippen molar-refractivity contribution in [2.24, 2.45) is 0 Å². The predicted octanol–water partition coefficient (Wildman–Crippen LogP) is 5.83. The Bertz CT molecular complexity index is 1830. The first kappa shape index (κ1) is 28.0. The Morgan fingerprint density at radius 2 is 1.88 bits per heavy atom. The SMILES string of the molecule is CC(C)OC(=O)N1CCC(n2nc(COc3ccccc3CC(=O)O)c3cc(-c4cccc5c(N)nccc45)ccc32)C1. The van der Waals surface area contributed by atoms with Gasteiger partial charge in [-0.25, -0.2) is 9.78 Å². The summed E-state index contributed by atoms with van der Waals surface area (Å²) in [5, 5.41) is 17.2. The molecule has 3 aromatic carbocycles. The lowest BCUT2D eigenvalue weighted by atomic mass is 9.97. The number of hydrogen-bond acceptors (Lipinski definition) is 7. The molecule has 220 valence electrons. The van der Waals surface area contributed by atoms with Crippen molar-refractivity contribution >= 4 is 39.6 Å². The number of para-hydroxylation sites is 1. The third kappa shape index (κ3) is 5.68. The van der Waals surface area contributed by atoms with Crippen LogP contribution in [0.3, 0.4) is 0 Å². The molecule has 0 saturated carbocycles. The van der Waals surface area contributed by atoms with Crippen LogP contribution in [0.15, 0.2) is 72.9 Å². The molecule has 0 spiro atoms. The summed E-state index contributed by atoms with van der Waals surface area (Å²) in [4.78, 5) is 30.0. The number of carboxylic acids is 1. The quantitative estimate of drug-likeness (QED) is 0.235. The van der Waals surface area contributed by atoms with Crippen molar-refractivity contribution in [1.29, 1.82) is 0 Å². The molecule has 1 aliphatic heterocycles. The molecule has 0 bridgehead atoms. The van der Waals surface area contributed by atoms with Gasteiger partial charge in [-0.15, -0.1) is 0 Å². The molecule has 10 nitrogen and oxygen atoms in total. The lowest BCUT2D eigenvalue weighted by Gasteiger charge is -2.18. The number of anilines is 1. The van der Waals surface area contributed by atoms with Gasteiger partial charge in [0.25, 0.3) is 0 Å². The lowest BCUT2D eigenvalue weighted by molar-refractivity contribution is -0.136. The van der Waals surface area contributed by atoms with E-state index in [9.17, 15) is 14.7 Å². The number of fused-ring (bicyclic) bond motifs is 2. The number of amides is 1. The van der Waals surface area contributed by atoms with Crippen LogP contribution in [0.4, 0.5) is 10.6 Å². The molecular weight excluding hydrogens is 546 g/mol. The third-order valence-corrected chi connectivity index (χ3v) is 7.71. The van der Waals surface area contributed by atoms with Crippen molar-refractivity contribution in [3.05, 3.63) is 84.2 Å². The minimum atomic E-state index is -0.928. The number of aromatic nitrogens is 3. The van der Waals surface area contributed by atoms with Gasteiger partial charge in [0.2, 0.25) is 0 Å². The van der Waals surface area contributed by atoms with Crippen molar-refractivity contribution in [3.8, 4) is 16.9 Å². The van der Waals surface area contributed by atoms with Crippen molar-refractivity contribution in [2.75, 3.05) is 18.8 Å². The number of pyridine rings is 1. The van der Waals surface area contributed by atoms with Crippen molar-refractivity contribution in [1.82, 2.24) is 19.7 Å². The van der Waals surface area contributed by atoms with Crippen LogP contribution >= 0.6 is 0 Å². The molecule has 2 aromatic heterocycles. The number of carbonyl (C=O) groups is 2. The summed E-state index contributed by atoms with van der Waals surface area (Å²) < 4.78 is 13.6. The number of rotatable bonds is 8. The Hall–Kier alpha value is -5.12. The van der Waals surface area contributed by atoms with Crippen LogP contribution in [0.2, 0.25) is 0 Å². The molecule has 3 heterocycles. The maximum atomic E-state index is 12.6. The molecule has 5 aromatic rings.